The lowest BCUT2D eigenvalue weighted by molar-refractivity contribution is -0.142. The van der Waals surface area contributed by atoms with E-state index in [0.29, 0.717) is 38.3 Å². The first kappa shape index (κ1) is 19.2. The summed E-state index contributed by atoms with van der Waals surface area (Å²) >= 11 is 3.34. The van der Waals surface area contributed by atoms with Gasteiger partial charge in [0.2, 0.25) is 5.91 Å². The maximum absolute atomic E-state index is 12.4. The Hall–Kier alpha value is -1.61. The Labute approximate surface area is 161 Å². The minimum Gasteiger partial charge on any atom is -0.484 e. The Bertz CT molecular complexity index is 773. The zero-order valence-electron chi connectivity index (χ0n) is 14.3. The van der Waals surface area contributed by atoms with E-state index < -0.39 is 15.8 Å². The third-order valence-electron chi connectivity index (χ3n) is 4.70. The fourth-order valence-corrected chi connectivity index (χ4v) is 5.19. The average molecular weight is 445 g/mol. The molecule has 1 unspecified atom stereocenters. The molecule has 0 aliphatic carbocycles. The summed E-state index contributed by atoms with van der Waals surface area (Å²) in [5.41, 5.74) is 0. The Kier molecular flexibility index (Phi) is 5.86. The van der Waals surface area contributed by atoms with Crippen molar-refractivity contribution in [2.24, 2.45) is 5.92 Å². The lowest BCUT2D eigenvalue weighted by atomic mass is 10.1. The van der Waals surface area contributed by atoms with Crippen molar-refractivity contribution in [3.8, 4) is 5.75 Å². The summed E-state index contributed by atoms with van der Waals surface area (Å²) in [6, 6.07) is 7.24. The van der Waals surface area contributed by atoms with Crippen molar-refractivity contribution >= 4 is 37.6 Å². The van der Waals surface area contributed by atoms with Crippen molar-refractivity contribution < 1.29 is 22.7 Å². The van der Waals surface area contributed by atoms with Gasteiger partial charge in [-0.25, -0.2) is 8.42 Å². The van der Waals surface area contributed by atoms with Gasteiger partial charge < -0.3 is 14.5 Å². The number of carbonyl (C=O) groups excluding carboxylic acids is 2. The van der Waals surface area contributed by atoms with Gasteiger partial charge in [-0.1, -0.05) is 15.9 Å². The van der Waals surface area contributed by atoms with E-state index in [1.54, 1.807) is 21.9 Å². The molecule has 0 spiro atoms. The van der Waals surface area contributed by atoms with Gasteiger partial charge in [-0.2, -0.15) is 0 Å². The van der Waals surface area contributed by atoms with E-state index in [1.807, 2.05) is 12.1 Å². The molecule has 1 aromatic rings. The number of piperazine rings is 1. The summed E-state index contributed by atoms with van der Waals surface area (Å²) < 4.78 is 29.5. The monoisotopic (exact) mass is 444 g/mol. The predicted octanol–water partition coefficient (Wildman–Crippen LogP) is 0.933. The van der Waals surface area contributed by atoms with E-state index in [-0.39, 0.29) is 29.9 Å². The maximum atomic E-state index is 12.4. The van der Waals surface area contributed by atoms with Gasteiger partial charge in [-0.05, 0) is 30.7 Å². The molecule has 1 atom stereocenters. The average Bonchev–Trinajstić information content (AvgIpc) is 3.00. The van der Waals surface area contributed by atoms with Crippen molar-refractivity contribution in [2.45, 2.75) is 6.42 Å². The van der Waals surface area contributed by atoms with Crippen LogP contribution in [0.3, 0.4) is 0 Å². The predicted molar refractivity (Wildman–Crippen MR) is 99.6 cm³/mol. The highest BCUT2D eigenvalue weighted by molar-refractivity contribution is 9.10. The van der Waals surface area contributed by atoms with E-state index in [2.05, 4.69) is 15.9 Å². The number of sulfone groups is 1. The zero-order valence-corrected chi connectivity index (χ0v) is 16.7. The lowest BCUT2D eigenvalue weighted by Gasteiger charge is -2.35. The molecule has 2 aliphatic heterocycles. The molecule has 1 aromatic carbocycles. The quantitative estimate of drug-likeness (QED) is 0.689. The third-order valence-corrected chi connectivity index (χ3v) is 7.00. The number of amides is 2. The summed E-state index contributed by atoms with van der Waals surface area (Å²) in [6.07, 6.45) is 0.404. The molecule has 0 aromatic heterocycles. The second kappa shape index (κ2) is 7.96. The van der Waals surface area contributed by atoms with E-state index in [0.717, 1.165) is 4.47 Å². The van der Waals surface area contributed by atoms with Gasteiger partial charge in [0.15, 0.2) is 16.4 Å². The molecule has 2 heterocycles. The number of rotatable bonds is 4. The van der Waals surface area contributed by atoms with Crippen LogP contribution in [0.4, 0.5) is 0 Å². The molecule has 7 nitrogen and oxygen atoms in total. The molecule has 142 valence electrons. The normalized spacial score (nSPS) is 22.3. The minimum absolute atomic E-state index is 0.0452. The highest BCUT2D eigenvalue weighted by atomic mass is 79.9. The molecule has 2 saturated heterocycles. The van der Waals surface area contributed by atoms with Crippen LogP contribution in [0.1, 0.15) is 6.42 Å². The van der Waals surface area contributed by atoms with Crippen LogP contribution >= 0.6 is 15.9 Å². The van der Waals surface area contributed by atoms with Gasteiger partial charge in [-0.3, -0.25) is 9.59 Å². The van der Waals surface area contributed by atoms with Crippen LogP contribution in [0.2, 0.25) is 0 Å². The topological polar surface area (TPSA) is 84.0 Å². The summed E-state index contributed by atoms with van der Waals surface area (Å²) in [5, 5.41) is 0. The number of halogens is 1. The standard InChI is InChI=1S/C17H21BrN2O5S/c18-14-1-3-15(4-2-14)25-11-16(21)19-6-8-20(9-7-19)17(22)13-5-10-26(23,24)12-13/h1-4,13H,5-12H2. The Morgan fingerprint density at radius 2 is 1.69 bits per heavy atom. The first-order valence-electron chi connectivity index (χ1n) is 8.49. The van der Waals surface area contributed by atoms with Crippen LogP contribution in [0.5, 0.6) is 5.75 Å². The van der Waals surface area contributed by atoms with Crippen molar-refractivity contribution in [3.05, 3.63) is 28.7 Å². The SMILES string of the molecule is O=C(COc1ccc(Br)cc1)N1CCN(C(=O)C2CCS(=O)(=O)C2)CC1. The molecule has 2 fully saturated rings. The first-order valence-corrected chi connectivity index (χ1v) is 11.1. The number of ether oxygens (including phenoxy) is 1. The van der Waals surface area contributed by atoms with Gasteiger partial charge in [0, 0.05) is 30.7 Å². The van der Waals surface area contributed by atoms with Crippen LogP contribution < -0.4 is 4.74 Å². The molecule has 0 N–H and O–H groups in total. The molecular formula is C17H21BrN2O5S. The van der Waals surface area contributed by atoms with E-state index in [4.69, 9.17) is 4.74 Å². The molecule has 0 saturated carbocycles. The second-order valence-corrected chi connectivity index (χ2v) is 9.69. The van der Waals surface area contributed by atoms with Gasteiger partial charge >= 0.3 is 0 Å². The molecule has 3 rings (SSSR count). The largest absolute Gasteiger partial charge is 0.484 e. The molecular weight excluding hydrogens is 424 g/mol. The molecule has 26 heavy (non-hydrogen) atoms. The smallest absolute Gasteiger partial charge is 0.260 e. The highest BCUT2D eigenvalue weighted by Crippen LogP contribution is 2.21. The minimum atomic E-state index is -3.07. The zero-order chi connectivity index (χ0) is 18.7. The number of benzene rings is 1. The van der Waals surface area contributed by atoms with E-state index >= 15 is 0 Å². The Morgan fingerprint density at radius 3 is 2.27 bits per heavy atom. The fraction of sp³-hybridized carbons (Fsp3) is 0.529. The number of hydrogen-bond acceptors (Lipinski definition) is 5. The summed E-state index contributed by atoms with van der Waals surface area (Å²) in [7, 11) is -3.07. The van der Waals surface area contributed by atoms with Crippen molar-refractivity contribution in [2.75, 3.05) is 44.3 Å². The fourth-order valence-electron chi connectivity index (χ4n) is 3.19. The van der Waals surface area contributed by atoms with Gasteiger partial charge in [0.25, 0.3) is 5.91 Å². The highest BCUT2D eigenvalue weighted by Gasteiger charge is 2.36. The third kappa shape index (κ3) is 4.76. The van der Waals surface area contributed by atoms with E-state index in [1.165, 1.54) is 0 Å². The van der Waals surface area contributed by atoms with Crippen molar-refractivity contribution in [1.29, 1.82) is 0 Å². The molecule has 2 amide bonds. The molecule has 0 bridgehead atoms. The van der Waals surface area contributed by atoms with Crippen LogP contribution in [0, 0.1) is 5.92 Å². The lowest BCUT2D eigenvalue weighted by Crippen LogP contribution is -2.53. The van der Waals surface area contributed by atoms with Crippen LogP contribution in [0.15, 0.2) is 28.7 Å². The Balaban J connectivity index is 1.45. The van der Waals surface area contributed by atoms with Gasteiger partial charge in [0.05, 0.1) is 17.4 Å². The molecule has 2 aliphatic rings. The summed E-state index contributed by atoms with van der Waals surface area (Å²) in [4.78, 5) is 28.0. The van der Waals surface area contributed by atoms with Gasteiger partial charge in [-0.15, -0.1) is 0 Å². The summed E-state index contributed by atoms with van der Waals surface area (Å²) in [6.45, 7) is 1.69. The molecule has 9 heteroatoms. The molecule has 0 radical (unpaired) electrons. The van der Waals surface area contributed by atoms with Crippen LogP contribution in [0.25, 0.3) is 0 Å². The Morgan fingerprint density at radius 1 is 1.08 bits per heavy atom. The van der Waals surface area contributed by atoms with Crippen molar-refractivity contribution in [3.63, 3.8) is 0 Å². The number of hydrogen-bond donors (Lipinski definition) is 0. The second-order valence-electron chi connectivity index (χ2n) is 6.55. The van der Waals surface area contributed by atoms with Crippen molar-refractivity contribution in [1.82, 2.24) is 9.80 Å². The number of carbonyl (C=O) groups is 2. The summed E-state index contributed by atoms with van der Waals surface area (Å²) in [5.74, 6) is 0.00916. The van der Waals surface area contributed by atoms with E-state index in [9.17, 15) is 18.0 Å². The maximum Gasteiger partial charge on any atom is 0.260 e. The van der Waals surface area contributed by atoms with Crippen LogP contribution in [-0.2, 0) is 19.4 Å². The number of nitrogens with zero attached hydrogens (tertiary/aromatic N) is 2. The van der Waals surface area contributed by atoms with Crippen LogP contribution in [-0.4, -0.2) is 74.3 Å². The van der Waals surface area contributed by atoms with Gasteiger partial charge in [0.1, 0.15) is 5.75 Å². The first-order chi connectivity index (χ1) is 12.3.